The van der Waals surface area contributed by atoms with E-state index in [1.807, 2.05) is 42.8 Å². The first kappa shape index (κ1) is 11.7. The number of para-hydroxylation sites is 1. The second kappa shape index (κ2) is 4.22. The van der Waals surface area contributed by atoms with Gasteiger partial charge in [-0.15, -0.1) is 0 Å². The van der Waals surface area contributed by atoms with E-state index in [0.29, 0.717) is 6.42 Å². The number of carbonyl (C=O) groups is 1. The Labute approximate surface area is 99.7 Å². The molecule has 1 aromatic heterocycles. The molecule has 1 unspecified atom stereocenters. The smallest absolute Gasteiger partial charge is 0.320 e. The van der Waals surface area contributed by atoms with Crippen molar-refractivity contribution in [1.82, 2.24) is 4.57 Å². The highest BCUT2D eigenvalue weighted by atomic mass is 16.4. The van der Waals surface area contributed by atoms with Crippen molar-refractivity contribution in [3.63, 3.8) is 0 Å². The highest BCUT2D eigenvalue weighted by molar-refractivity contribution is 5.84. The number of carboxylic acid groups (broad SMARTS) is 1. The Morgan fingerprint density at radius 1 is 1.53 bits per heavy atom. The summed E-state index contributed by atoms with van der Waals surface area (Å²) in [7, 11) is 1.94. The second-order valence-electron chi connectivity index (χ2n) is 4.36. The predicted octanol–water partition coefficient (Wildman–Crippen LogP) is 1.44. The molecule has 0 saturated heterocycles. The van der Waals surface area contributed by atoms with Crippen LogP contribution in [0.1, 0.15) is 11.3 Å². The van der Waals surface area contributed by atoms with Gasteiger partial charge in [-0.3, -0.25) is 4.79 Å². The highest BCUT2D eigenvalue weighted by Crippen LogP contribution is 2.22. The summed E-state index contributed by atoms with van der Waals surface area (Å²) in [5.74, 6) is -0.966. The van der Waals surface area contributed by atoms with Crippen molar-refractivity contribution in [2.24, 2.45) is 12.8 Å². The largest absolute Gasteiger partial charge is 0.480 e. The molecule has 1 atom stereocenters. The quantitative estimate of drug-likeness (QED) is 0.841. The van der Waals surface area contributed by atoms with Gasteiger partial charge in [0.1, 0.15) is 6.04 Å². The maximum Gasteiger partial charge on any atom is 0.320 e. The number of hydrogen-bond acceptors (Lipinski definition) is 2. The number of aryl methyl sites for hydroxylation is 2. The first-order valence-electron chi connectivity index (χ1n) is 5.53. The molecule has 0 aliphatic carbocycles. The molecule has 0 amide bonds. The molecule has 4 heteroatoms. The first-order chi connectivity index (χ1) is 8.00. The molecule has 0 saturated carbocycles. The standard InChI is InChI=1S/C13H16N2O2/c1-8-4-3-5-9-6-10(15(2)12(8)9)7-11(14)13(16)17/h3-6,11H,7,14H2,1-2H3,(H,16,17). The Kier molecular flexibility index (Phi) is 2.90. The summed E-state index contributed by atoms with van der Waals surface area (Å²) in [4.78, 5) is 10.8. The summed E-state index contributed by atoms with van der Waals surface area (Å²) in [5, 5.41) is 9.95. The van der Waals surface area contributed by atoms with Crippen LogP contribution in [-0.4, -0.2) is 21.7 Å². The number of benzene rings is 1. The van der Waals surface area contributed by atoms with Gasteiger partial charge < -0.3 is 15.4 Å². The zero-order valence-corrected chi connectivity index (χ0v) is 9.97. The third-order valence-electron chi connectivity index (χ3n) is 3.10. The molecule has 4 nitrogen and oxygen atoms in total. The molecule has 0 radical (unpaired) electrons. The van der Waals surface area contributed by atoms with Crippen LogP contribution in [0, 0.1) is 6.92 Å². The molecule has 90 valence electrons. The molecule has 0 fully saturated rings. The lowest BCUT2D eigenvalue weighted by molar-refractivity contribution is -0.138. The Balaban J connectivity index is 2.46. The van der Waals surface area contributed by atoms with Crippen LogP contribution in [0.15, 0.2) is 24.3 Å². The van der Waals surface area contributed by atoms with Crippen molar-refractivity contribution in [2.75, 3.05) is 0 Å². The number of aromatic nitrogens is 1. The SMILES string of the molecule is Cc1cccc2cc(CC(N)C(=O)O)n(C)c12. The summed E-state index contributed by atoms with van der Waals surface area (Å²) >= 11 is 0. The Morgan fingerprint density at radius 3 is 2.82 bits per heavy atom. The lowest BCUT2D eigenvalue weighted by atomic mass is 10.1. The van der Waals surface area contributed by atoms with Gasteiger partial charge in [-0.25, -0.2) is 0 Å². The van der Waals surface area contributed by atoms with Gasteiger partial charge in [0.15, 0.2) is 0 Å². The van der Waals surface area contributed by atoms with E-state index in [-0.39, 0.29) is 0 Å². The minimum atomic E-state index is -0.966. The first-order valence-corrected chi connectivity index (χ1v) is 5.53. The van der Waals surface area contributed by atoms with Crippen LogP contribution < -0.4 is 5.73 Å². The van der Waals surface area contributed by atoms with E-state index in [9.17, 15) is 4.79 Å². The van der Waals surface area contributed by atoms with E-state index in [2.05, 4.69) is 0 Å². The predicted molar refractivity (Wildman–Crippen MR) is 67.0 cm³/mol. The molecular weight excluding hydrogens is 216 g/mol. The third-order valence-corrected chi connectivity index (χ3v) is 3.10. The average molecular weight is 232 g/mol. The molecule has 17 heavy (non-hydrogen) atoms. The zero-order chi connectivity index (χ0) is 12.6. The summed E-state index contributed by atoms with van der Waals surface area (Å²) in [5.41, 5.74) is 8.83. The summed E-state index contributed by atoms with van der Waals surface area (Å²) in [6.07, 6.45) is 0.347. The molecular formula is C13H16N2O2. The van der Waals surface area contributed by atoms with Gasteiger partial charge in [-0.05, 0) is 18.6 Å². The van der Waals surface area contributed by atoms with Crippen LogP contribution in [0.3, 0.4) is 0 Å². The number of carboxylic acids is 1. The number of aliphatic carboxylic acids is 1. The van der Waals surface area contributed by atoms with Crippen molar-refractivity contribution in [2.45, 2.75) is 19.4 Å². The highest BCUT2D eigenvalue weighted by Gasteiger charge is 2.15. The van der Waals surface area contributed by atoms with E-state index < -0.39 is 12.0 Å². The Morgan fingerprint density at radius 2 is 2.24 bits per heavy atom. The van der Waals surface area contributed by atoms with E-state index >= 15 is 0 Å². The van der Waals surface area contributed by atoms with Gasteiger partial charge in [0, 0.05) is 24.5 Å². The number of nitrogens with two attached hydrogens (primary N) is 1. The molecule has 1 heterocycles. The Hall–Kier alpha value is -1.81. The monoisotopic (exact) mass is 232 g/mol. The minimum Gasteiger partial charge on any atom is -0.480 e. The van der Waals surface area contributed by atoms with Gasteiger partial charge >= 0.3 is 5.97 Å². The maximum absolute atomic E-state index is 10.8. The topological polar surface area (TPSA) is 68.2 Å². The summed E-state index contributed by atoms with van der Waals surface area (Å²) < 4.78 is 2.02. The van der Waals surface area contributed by atoms with E-state index in [1.54, 1.807) is 0 Å². The molecule has 0 aliphatic heterocycles. The fraction of sp³-hybridized carbons (Fsp3) is 0.308. The average Bonchev–Trinajstić information content (AvgIpc) is 2.57. The van der Waals surface area contributed by atoms with Crippen LogP contribution in [0.25, 0.3) is 10.9 Å². The van der Waals surface area contributed by atoms with Crippen LogP contribution >= 0.6 is 0 Å². The van der Waals surface area contributed by atoms with E-state index in [4.69, 9.17) is 10.8 Å². The molecule has 0 spiro atoms. The molecule has 0 bridgehead atoms. The zero-order valence-electron chi connectivity index (χ0n) is 9.97. The fourth-order valence-electron chi connectivity index (χ4n) is 2.18. The lowest BCUT2D eigenvalue weighted by Crippen LogP contribution is -2.32. The van der Waals surface area contributed by atoms with Gasteiger partial charge in [-0.2, -0.15) is 0 Å². The van der Waals surface area contributed by atoms with Crippen molar-refractivity contribution < 1.29 is 9.90 Å². The fourth-order valence-corrected chi connectivity index (χ4v) is 2.18. The van der Waals surface area contributed by atoms with Crippen molar-refractivity contribution in [1.29, 1.82) is 0 Å². The molecule has 2 aromatic rings. The van der Waals surface area contributed by atoms with Crippen LogP contribution in [0.4, 0.5) is 0 Å². The van der Waals surface area contributed by atoms with Crippen LogP contribution in [0.5, 0.6) is 0 Å². The molecule has 3 N–H and O–H groups in total. The molecule has 1 aromatic carbocycles. The van der Waals surface area contributed by atoms with Crippen molar-refractivity contribution in [3.05, 3.63) is 35.5 Å². The third kappa shape index (κ3) is 2.03. The Bertz CT molecular complexity index is 572. The lowest BCUT2D eigenvalue weighted by Gasteiger charge is -2.08. The van der Waals surface area contributed by atoms with Crippen LogP contribution in [0.2, 0.25) is 0 Å². The maximum atomic E-state index is 10.8. The van der Waals surface area contributed by atoms with Crippen LogP contribution in [-0.2, 0) is 18.3 Å². The van der Waals surface area contributed by atoms with Crippen molar-refractivity contribution >= 4 is 16.9 Å². The number of hydrogen-bond donors (Lipinski definition) is 2. The molecule has 2 rings (SSSR count). The summed E-state index contributed by atoms with van der Waals surface area (Å²) in [6, 6.07) is 7.23. The van der Waals surface area contributed by atoms with Gasteiger partial charge in [0.25, 0.3) is 0 Å². The molecule has 0 aliphatic rings. The number of nitrogens with zero attached hydrogens (tertiary/aromatic N) is 1. The summed E-state index contributed by atoms with van der Waals surface area (Å²) in [6.45, 7) is 2.04. The van der Waals surface area contributed by atoms with Gasteiger partial charge in [-0.1, -0.05) is 18.2 Å². The van der Waals surface area contributed by atoms with E-state index in [1.165, 1.54) is 5.56 Å². The van der Waals surface area contributed by atoms with Gasteiger partial charge in [0.2, 0.25) is 0 Å². The minimum absolute atomic E-state index is 0.347. The van der Waals surface area contributed by atoms with Gasteiger partial charge in [0.05, 0.1) is 5.52 Å². The second-order valence-corrected chi connectivity index (χ2v) is 4.36. The van der Waals surface area contributed by atoms with Crippen molar-refractivity contribution in [3.8, 4) is 0 Å². The normalized spacial score (nSPS) is 12.9. The van der Waals surface area contributed by atoms with E-state index in [0.717, 1.165) is 16.6 Å². The number of fused-ring (bicyclic) bond motifs is 1. The number of rotatable bonds is 3.